The van der Waals surface area contributed by atoms with Crippen molar-refractivity contribution < 1.29 is 9.90 Å². The molecule has 0 aliphatic carbocycles. The van der Waals surface area contributed by atoms with Crippen molar-refractivity contribution in [3.63, 3.8) is 0 Å². The van der Waals surface area contributed by atoms with Crippen molar-refractivity contribution in [3.8, 4) is 0 Å². The molecule has 0 radical (unpaired) electrons. The number of aromatic nitrogens is 4. The lowest BCUT2D eigenvalue weighted by Crippen LogP contribution is -2.54. The molecular weight excluding hydrogens is 456 g/mol. The first-order chi connectivity index (χ1) is 17.4. The van der Waals surface area contributed by atoms with Crippen LogP contribution in [-0.2, 0) is 11.3 Å². The van der Waals surface area contributed by atoms with E-state index < -0.39 is 5.60 Å². The van der Waals surface area contributed by atoms with Gasteiger partial charge in [-0.3, -0.25) is 24.1 Å². The summed E-state index contributed by atoms with van der Waals surface area (Å²) in [4.78, 5) is 42.3. The topological polar surface area (TPSA) is 104 Å². The standard InChI is InChI=1S/C27H30N6O3/c1-31(25(34)8-4-14-33-19-30-22-7-3-2-6-20(22)26(33)35)17-27(36)11-5-15-32(18-27)24-10-13-29-23-9-12-28-16-21(23)24/h2-3,6-7,9-10,12-13,16,19,36H,4-5,8,11,14-15,17-18H2,1H3/t27-/m0/s1. The maximum absolute atomic E-state index is 12.9. The molecule has 1 N–H and O–H groups in total. The third-order valence-electron chi connectivity index (χ3n) is 6.89. The molecule has 0 spiro atoms. The van der Waals surface area contributed by atoms with E-state index in [1.807, 2.05) is 30.3 Å². The predicted molar refractivity (Wildman–Crippen MR) is 139 cm³/mol. The Morgan fingerprint density at radius 1 is 1.11 bits per heavy atom. The van der Waals surface area contributed by atoms with Crippen molar-refractivity contribution in [3.05, 3.63) is 71.7 Å². The fourth-order valence-corrected chi connectivity index (χ4v) is 5.08. The van der Waals surface area contributed by atoms with Gasteiger partial charge >= 0.3 is 0 Å². The molecule has 36 heavy (non-hydrogen) atoms. The molecule has 5 rings (SSSR count). The molecule has 1 amide bonds. The summed E-state index contributed by atoms with van der Waals surface area (Å²) >= 11 is 0. The monoisotopic (exact) mass is 486 g/mol. The van der Waals surface area contributed by atoms with Gasteiger partial charge in [-0.1, -0.05) is 12.1 Å². The number of carbonyl (C=O) groups is 1. The van der Waals surface area contributed by atoms with Crippen LogP contribution in [-0.4, -0.2) is 67.7 Å². The summed E-state index contributed by atoms with van der Waals surface area (Å²) < 4.78 is 1.55. The molecule has 1 saturated heterocycles. The van der Waals surface area contributed by atoms with Crippen molar-refractivity contribution in [1.29, 1.82) is 0 Å². The second-order valence-corrected chi connectivity index (χ2v) is 9.59. The number of hydrogen-bond acceptors (Lipinski definition) is 7. The SMILES string of the molecule is CN(C[C@@]1(O)CCCN(c2ccnc3ccncc23)C1)C(=O)CCCn1cnc2ccccc2c1=O. The van der Waals surface area contributed by atoms with Gasteiger partial charge in [-0.05, 0) is 43.5 Å². The number of aliphatic hydroxyl groups is 1. The van der Waals surface area contributed by atoms with Gasteiger partial charge in [0.05, 0.1) is 34.9 Å². The summed E-state index contributed by atoms with van der Waals surface area (Å²) in [6.45, 7) is 1.91. The minimum atomic E-state index is -1.01. The van der Waals surface area contributed by atoms with Gasteiger partial charge in [-0.25, -0.2) is 4.98 Å². The number of pyridine rings is 2. The molecule has 9 nitrogen and oxygen atoms in total. The van der Waals surface area contributed by atoms with E-state index >= 15 is 0 Å². The van der Waals surface area contributed by atoms with Crippen molar-refractivity contribution in [2.24, 2.45) is 0 Å². The number of anilines is 1. The van der Waals surface area contributed by atoms with Crippen molar-refractivity contribution >= 4 is 33.4 Å². The summed E-state index contributed by atoms with van der Waals surface area (Å²) in [5.41, 5.74) is 1.41. The van der Waals surface area contributed by atoms with Crippen LogP contribution in [0.3, 0.4) is 0 Å². The second-order valence-electron chi connectivity index (χ2n) is 9.59. The average Bonchev–Trinajstić information content (AvgIpc) is 2.89. The van der Waals surface area contributed by atoms with Crippen molar-refractivity contribution in [2.75, 3.05) is 31.6 Å². The lowest BCUT2D eigenvalue weighted by Gasteiger charge is -2.42. The zero-order chi connectivity index (χ0) is 25.1. The number of nitrogens with zero attached hydrogens (tertiary/aromatic N) is 6. The molecule has 4 heterocycles. The Kier molecular flexibility index (Phi) is 6.65. The van der Waals surface area contributed by atoms with Crippen LogP contribution in [0.1, 0.15) is 25.7 Å². The number of amides is 1. The lowest BCUT2D eigenvalue weighted by atomic mass is 9.91. The summed E-state index contributed by atoms with van der Waals surface area (Å²) in [5, 5.41) is 12.9. The van der Waals surface area contributed by atoms with Gasteiger partial charge in [0.25, 0.3) is 5.56 Å². The normalized spacial score (nSPS) is 18.0. The number of aryl methyl sites for hydroxylation is 1. The maximum Gasteiger partial charge on any atom is 0.261 e. The highest BCUT2D eigenvalue weighted by Crippen LogP contribution is 2.31. The van der Waals surface area contributed by atoms with E-state index in [-0.39, 0.29) is 24.4 Å². The molecule has 1 fully saturated rings. The molecular formula is C27H30N6O3. The molecule has 1 aliphatic rings. The van der Waals surface area contributed by atoms with Gasteiger partial charge in [0.1, 0.15) is 0 Å². The third kappa shape index (κ3) is 4.92. The minimum absolute atomic E-state index is 0.0547. The number of fused-ring (bicyclic) bond motifs is 2. The number of rotatable bonds is 7. The van der Waals surface area contributed by atoms with Gasteiger partial charge in [0.2, 0.25) is 5.91 Å². The maximum atomic E-state index is 12.9. The number of carbonyl (C=O) groups excluding carboxylic acids is 1. The van der Waals surface area contributed by atoms with E-state index in [1.165, 1.54) is 6.33 Å². The van der Waals surface area contributed by atoms with Gasteiger partial charge in [-0.15, -0.1) is 0 Å². The van der Waals surface area contributed by atoms with Crippen LogP contribution in [0.2, 0.25) is 0 Å². The molecule has 0 unspecified atom stereocenters. The van der Waals surface area contributed by atoms with Crippen LogP contribution >= 0.6 is 0 Å². The zero-order valence-corrected chi connectivity index (χ0v) is 20.4. The first-order valence-corrected chi connectivity index (χ1v) is 12.3. The Bertz CT molecular complexity index is 1450. The molecule has 0 bridgehead atoms. The number of likely N-dealkylation sites (N-methyl/N-ethyl adjacent to an activating group) is 1. The van der Waals surface area contributed by atoms with Crippen LogP contribution in [0, 0.1) is 0 Å². The number of para-hydroxylation sites is 1. The van der Waals surface area contributed by atoms with E-state index in [0.717, 1.165) is 29.6 Å². The lowest BCUT2D eigenvalue weighted by molar-refractivity contribution is -0.133. The number of β-amino-alcohol motifs (C(OH)–C–C–N with tert-alkyl or cyclic N) is 1. The summed E-state index contributed by atoms with van der Waals surface area (Å²) in [6, 6.07) is 11.1. The summed E-state index contributed by atoms with van der Waals surface area (Å²) in [7, 11) is 1.73. The number of benzene rings is 1. The van der Waals surface area contributed by atoms with Crippen LogP contribution in [0.5, 0.6) is 0 Å². The zero-order valence-electron chi connectivity index (χ0n) is 20.4. The van der Waals surface area contributed by atoms with Crippen molar-refractivity contribution in [1.82, 2.24) is 24.4 Å². The quantitative estimate of drug-likeness (QED) is 0.428. The van der Waals surface area contributed by atoms with Crippen LogP contribution in [0.25, 0.3) is 21.8 Å². The summed E-state index contributed by atoms with van der Waals surface area (Å²) in [5.74, 6) is -0.0547. The van der Waals surface area contributed by atoms with Gasteiger partial charge in [0.15, 0.2) is 0 Å². The highest BCUT2D eigenvalue weighted by Gasteiger charge is 2.36. The minimum Gasteiger partial charge on any atom is -0.386 e. The van der Waals surface area contributed by atoms with Crippen LogP contribution in [0.4, 0.5) is 5.69 Å². The molecule has 186 valence electrons. The molecule has 4 aromatic rings. The van der Waals surface area contributed by atoms with Gasteiger partial charge < -0.3 is 14.9 Å². The van der Waals surface area contributed by atoms with Gasteiger partial charge in [-0.2, -0.15) is 0 Å². The third-order valence-corrected chi connectivity index (χ3v) is 6.89. The Hall–Kier alpha value is -3.85. The first-order valence-electron chi connectivity index (χ1n) is 12.3. The fraction of sp³-hybridized carbons (Fsp3) is 0.370. The van der Waals surface area contributed by atoms with E-state index in [9.17, 15) is 14.7 Å². The summed E-state index contributed by atoms with van der Waals surface area (Å²) in [6.07, 6.45) is 9.09. The van der Waals surface area contributed by atoms with Crippen LogP contribution < -0.4 is 10.5 Å². The molecule has 1 atom stereocenters. The Morgan fingerprint density at radius 3 is 2.83 bits per heavy atom. The first kappa shape index (κ1) is 23.9. The predicted octanol–water partition coefficient (Wildman–Crippen LogP) is 2.61. The van der Waals surface area contributed by atoms with E-state index in [0.29, 0.717) is 36.8 Å². The fourth-order valence-electron chi connectivity index (χ4n) is 5.08. The number of piperidine rings is 1. The highest BCUT2D eigenvalue weighted by atomic mass is 16.3. The molecule has 9 heteroatoms. The van der Waals surface area contributed by atoms with E-state index in [1.54, 1.807) is 41.2 Å². The smallest absolute Gasteiger partial charge is 0.261 e. The molecule has 1 aromatic carbocycles. The highest BCUT2D eigenvalue weighted by molar-refractivity contribution is 5.90. The number of hydrogen-bond donors (Lipinski definition) is 1. The van der Waals surface area contributed by atoms with Crippen molar-refractivity contribution in [2.45, 2.75) is 37.8 Å². The molecule has 1 aliphatic heterocycles. The average molecular weight is 487 g/mol. The van der Waals surface area contributed by atoms with E-state index in [2.05, 4.69) is 19.9 Å². The Morgan fingerprint density at radius 2 is 1.94 bits per heavy atom. The Balaban J connectivity index is 1.19. The Labute approximate surface area is 209 Å². The van der Waals surface area contributed by atoms with Crippen LogP contribution in [0.15, 0.2) is 66.1 Å². The van der Waals surface area contributed by atoms with Gasteiger partial charge in [0, 0.05) is 62.8 Å². The largest absolute Gasteiger partial charge is 0.386 e. The second kappa shape index (κ2) is 10.0. The van der Waals surface area contributed by atoms with E-state index in [4.69, 9.17) is 0 Å². The molecule has 3 aromatic heterocycles. The molecule has 0 saturated carbocycles.